The molecule has 2 atom stereocenters. The normalized spacial score (nSPS) is 13.4. The molecule has 0 aromatic heterocycles. The van der Waals surface area contributed by atoms with Crippen LogP contribution in [0.5, 0.6) is 0 Å². The second kappa shape index (κ2) is 8.99. The maximum absolute atomic E-state index is 12.3. The van der Waals surface area contributed by atoms with Crippen molar-refractivity contribution < 1.29 is 22.7 Å². The summed E-state index contributed by atoms with van der Waals surface area (Å²) >= 11 is 0. The van der Waals surface area contributed by atoms with Gasteiger partial charge < -0.3 is 10.1 Å². The number of esters is 1. The average molecular weight is 404 g/mol. The van der Waals surface area contributed by atoms with Crippen molar-refractivity contribution >= 4 is 27.6 Å². The highest BCUT2D eigenvalue weighted by Gasteiger charge is 2.26. The van der Waals surface area contributed by atoms with Crippen LogP contribution < -0.4 is 10.0 Å². The number of aryl methyl sites for hydroxylation is 2. The molecule has 2 rings (SSSR count). The monoisotopic (exact) mass is 404 g/mol. The van der Waals surface area contributed by atoms with Crippen molar-refractivity contribution in [1.82, 2.24) is 4.72 Å². The van der Waals surface area contributed by atoms with E-state index < -0.39 is 34.0 Å². The number of amides is 1. The number of carbonyl (C=O) groups excluding carboxylic acids is 2. The molecule has 8 heteroatoms. The van der Waals surface area contributed by atoms with Crippen LogP contribution in [-0.2, 0) is 24.3 Å². The summed E-state index contributed by atoms with van der Waals surface area (Å²) in [5.41, 5.74) is 2.54. The van der Waals surface area contributed by atoms with Crippen molar-refractivity contribution in [2.45, 2.75) is 44.7 Å². The summed E-state index contributed by atoms with van der Waals surface area (Å²) in [5, 5.41) is 2.64. The zero-order chi connectivity index (χ0) is 20.9. The first-order valence-electron chi connectivity index (χ1n) is 8.75. The van der Waals surface area contributed by atoms with Gasteiger partial charge in [-0.1, -0.05) is 35.4 Å². The van der Waals surface area contributed by atoms with Gasteiger partial charge in [0.25, 0.3) is 5.91 Å². The van der Waals surface area contributed by atoms with E-state index in [0.717, 1.165) is 11.1 Å². The maximum atomic E-state index is 12.3. The minimum atomic E-state index is -3.88. The van der Waals surface area contributed by atoms with Crippen LogP contribution in [0.3, 0.4) is 0 Å². The van der Waals surface area contributed by atoms with Gasteiger partial charge in [-0.25, -0.2) is 8.42 Å². The van der Waals surface area contributed by atoms with Gasteiger partial charge in [0, 0.05) is 5.69 Å². The van der Waals surface area contributed by atoms with Crippen LogP contribution >= 0.6 is 0 Å². The molecule has 0 aliphatic heterocycles. The van der Waals surface area contributed by atoms with Gasteiger partial charge in [0.15, 0.2) is 6.10 Å². The molecule has 0 bridgehead atoms. The van der Waals surface area contributed by atoms with Gasteiger partial charge in [-0.2, -0.15) is 4.72 Å². The van der Waals surface area contributed by atoms with E-state index in [1.807, 2.05) is 26.0 Å². The van der Waals surface area contributed by atoms with Crippen LogP contribution in [0.2, 0.25) is 0 Å². The molecule has 0 heterocycles. The lowest BCUT2D eigenvalue weighted by molar-refractivity contribution is -0.154. The van der Waals surface area contributed by atoms with Gasteiger partial charge in [-0.3, -0.25) is 9.59 Å². The fourth-order valence-electron chi connectivity index (χ4n) is 2.28. The van der Waals surface area contributed by atoms with Crippen molar-refractivity contribution in [2.24, 2.45) is 0 Å². The lowest BCUT2D eigenvalue weighted by Crippen LogP contribution is -2.42. The number of ether oxygens (including phenoxy) is 1. The minimum Gasteiger partial charge on any atom is -0.451 e. The van der Waals surface area contributed by atoms with Crippen molar-refractivity contribution in [3.63, 3.8) is 0 Å². The summed E-state index contributed by atoms with van der Waals surface area (Å²) in [6, 6.07) is 12.2. The van der Waals surface area contributed by atoms with Crippen LogP contribution in [-0.4, -0.2) is 32.4 Å². The SMILES string of the molecule is Cc1ccc(NC(=O)[C@H](C)OC(=O)[C@H](C)NS(=O)(=O)c2ccc(C)cc2)cc1. The molecule has 0 spiro atoms. The van der Waals surface area contributed by atoms with Gasteiger partial charge in [0.2, 0.25) is 10.0 Å². The molecule has 0 radical (unpaired) electrons. The summed E-state index contributed by atoms with van der Waals surface area (Å²) in [7, 11) is -3.88. The molecule has 0 saturated carbocycles. The molecule has 0 saturated heterocycles. The lowest BCUT2D eigenvalue weighted by atomic mass is 10.2. The molecule has 7 nitrogen and oxygen atoms in total. The highest BCUT2D eigenvalue weighted by molar-refractivity contribution is 7.89. The Hall–Kier alpha value is -2.71. The standard InChI is InChI=1S/C20H24N2O5S/c1-13-5-9-17(10-6-13)21-19(23)16(4)27-20(24)15(3)22-28(25,26)18-11-7-14(2)8-12-18/h5-12,15-16,22H,1-4H3,(H,21,23)/t15-,16-/m0/s1. The number of sulfonamides is 1. The van der Waals surface area contributed by atoms with E-state index in [1.54, 1.807) is 24.3 Å². The number of hydrogen-bond donors (Lipinski definition) is 2. The van der Waals surface area contributed by atoms with Gasteiger partial charge in [-0.05, 0) is 52.0 Å². The number of anilines is 1. The third-order valence-electron chi connectivity index (χ3n) is 4.00. The van der Waals surface area contributed by atoms with E-state index in [2.05, 4.69) is 10.0 Å². The van der Waals surface area contributed by atoms with E-state index in [-0.39, 0.29) is 4.90 Å². The summed E-state index contributed by atoms with van der Waals surface area (Å²) < 4.78 is 32.0. The van der Waals surface area contributed by atoms with Crippen LogP contribution in [0.25, 0.3) is 0 Å². The van der Waals surface area contributed by atoms with Crippen molar-refractivity contribution in [3.8, 4) is 0 Å². The topological polar surface area (TPSA) is 102 Å². The third kappa shape index (κ3) is 5.90. The number of benzene rings is 2. The third-order valence-corrected chi connectivity index (χ3v) is 5.55. The summed E-state index contributed by atoms with van der Waals surface area (Å²) in [5.74, 6) is -1.35. The number of carbonyl (C=O) groups is 2. The summed E-state index contributed by atoms with van der Waals surface area (Å²) in [6.07, 6.45) is -1.08. The first-order chi connectivity index (χ1) is 13.1. The lowest BCUT2D eigenvalue weighted by Gasteiger charge is -2.18. The van der Waals surface area contributed by atoms with E-state index in [1.165, 1.54) is 26.0 Å². The van der Waals surface area contributed by atoms with Gasteiger partial charge in [0.1, 0.15) is 6.04 Å². The fraction of sp³-hybridized carbons (Fsp3) is 0.300. The van der Waals surface area contributed by atoms with E-state index in [4.69, 9.17) is 4.74 Å². The highest BCUT2D eigenvalue weighted by atomic mass is 32.2. The molecule has 2 aromatic rings. The highest BCUT2D eigenvalue weighted by Crippen LogP contribution is 2.12. The quantitative estimate of drug-likeness (QED) is 0.691. The Morgan fingerprint density at radius 3 is 1.93 bits per heavy atom. The van der Waals surface area contributed by atoms with E-state index >= 15 is 0 Å². The second-order valence-electron chi connectivity index (χ2n) is 6.59. The minimum absolute atomic E-state index is 0.0444. The first-order valence-corrected chi connectivity index (χ1v) is 10.2. The molecule has 0 unspecified atom stereocenters. The molecule has 2 aromatic carbocycles. The smallest absolute Gasteiger partial charge is 0.324 e. The fourth-order valence-corrected chi connectivity index (χ4v) is 3.47. The van der Waals surface area contributed by atoms with Crippen LogP contribution in [0.15, 0.2) is 53.4 Å². The molecule has 150 valence electrons. The average Bonchev–Trinajstić information content (AvgIpc) is 2.63. The Morgan fingerprint density at radius 1 is 0.893 bits per heavy atom. The Morgan fingerprint density at radius 2 is 1.39 bits per heavy atom. The Kier molecular flexibility index (Phi) is 6.93. The van der Waals surface area contributed by atoms with Crippen LogP contribution in [0.1, 0.15) is 25.0 Å². The molecule has 0 aliphatic rings. The van der Waals surface area contributed by atoms with Gasteiger partial charge >= 0.3 is 5.97 Å². The molecule has 0 fully saturated rings. The predicted molar refractivity (Wildman–Crippen MR) is 106 cm³/mol. The first kappa shape index (κ1) is 21.6. The summed E-state index contributed by atoms with van der Waals surface area (Å²) in [4.78, 5) is 24.4. The molecular formula is C20H24N2O5S. The van der Waals surface area contributed by atoms with Gasteiger partial charge in [0.05, 0.1) is 4.90 Å². The Balaban J connectivity index is 1.94. The largest absolute Gasteiger partial charge is 0.451 e. The molecule has 28 heavy (non-hydrogen) atoms. The zero-order valence-electron chi connectivity index (χ0n) is 16.2. The molecule has 0 aliphatic carbocycles. The second-order valence-corrected chi connectivity index (χ2v) is 8.30. The zero-order valence-corrected chi connectivity index (χ0v) is 17.0. The van der Waals surface area contributed by atoms with Gasteiger partial charge in [-0.15, -0.1) is 0 Å². The van der Waals surface area contributed by atoms with Crippen molar-refractivity contribution in [2.75, 3.05) is 5.32 Å². The van der Waals surface area contributed by atoms with Crippen molar-refractivity contribution in [3.05, 3.63) is 59.7 Å². The molecular weight excluding hydrogens is 380 g/mol. The molecule has 2 N–H and O–H groups in total. The molecule has 1 amide bonds. The number of hydrogen-bond acceptors (Lipinski definition) is 5. The number of nitrogens with one attached hydrogen (secondary N) is 2. The number of rotatable bonds is 7. The predicted octanol–water partition coefficient (Wildman–Crippen LogP) is 2.54. The summed E-state index contributed by atoms with van der Waals surface area (Å²) in [6.45, 7) is 6.54. The van der Waals surface area contributed by atoms with Crippen molar-refractivity contribution in [1.29, 1.82) is 0 Å². The van der Waals surface area contributed by atoms with E-state index in [0.29, 0.717) is 5.69 Å². The van der Waals surface area contributed by atoms with Crippen LogP contribution in [0.4, 0.5) is 5.69 Å². The Labute approximate surface area is 165 Å². The van der Waals surface area contributed by atoms with E-state index in [9.17, 15) is 18.0 Å². The Bertz CT molecular complexity index is 938. The van der Waals surface area contributed by atoms with Crippen LogP contribution in [0, 0.1) is 13.8 Å². The maximum Gasteiger partial charge on any atom is 0.324 e.